The Bertz CT molecular complexity index is 1580. The summed E-state index contributed by atoms with van der Waals surface area (Å²) in [6, 6.07) is 7.31. The van der Waals surface area contributed by atoms with Gasteiger partial charge in [-0.2, -0.15) is 0 Å². The van der Waals surface area contributed by atoms with Crippen LogP contribution in [0.2, 0.25) is 0 Å². The van der Waals surface area contributed by atoms with Gasteiger partial charge in [0.15, 0.2) is 40.6 Å². The van der Waals surface area contributed by atoms with Crippen LogP contribution in [-0.2, 0) is 10.8 Å². The number of nitrogens with one attached hydrogen (secondary N) is 1. The number of hydrogen-bond donors (Lipinski definition) is 1. The van der Waals surface area contributed by atoms with Crippen molar-refractivity contribution in [2.75, 3.05) is 0 Å². The zero-order valence-corrected chi connectivity index (χ0v) is 23.3. The molecule has 4 aromatic rings. The van der Waals surface area contributed by atoms with Crippen LogP contribution in [0.15, 0.2) is 36.4 Å². The van der Waals surface area contributed by atoms with E-state index < -0.39 is 91.7 Å². The van der Waals surface area contributed by atoms with Crippen molar-refractivity contribution >= 4 is 22.7 Å². The van der Waals surface area contributed by atoms with Gasteiger partial charge in [0.2, 0.25) is 0 Å². The van der Waals surface area contributed by atoms with Gasteiger partial charge in [0.1, 0.15) is 23.3 Å². The molecule has 2 nitrogen and oxygen atoms in total. The van der Waals surface area contributed by atoms with Crippen molar-refractivity contribution in [3.05, 3.63) is 106 Å². The van der Waals surface area contributed by atoms with Gasteiger partial charge in [-0.05, 0) is 10.9 Å². The highest BCUT2D eigenvalue weighted by Gasteiger charge is 2.56. The summed E-state index contributed by atoms with van der Waals surface area (Å²) in [7, 11) is 0. The third-order valence-corrected chi connectivity index (χ3v) is 7.35. The lowest BCUT2D eigenvalue weighted by atomic mass is 9.23. The maximum absolute atomic E-state index is 15.9. The largest absolute Gasteiger partial charge is 0.394 e. The molecule has 0 atom stereocenters. The van der Waals surface area contributed by atoms with E-state index in [-0.39, 0.29) is 11.4 Å². The van der Waals surface area contributed by atoms with E-state index in [1.807, 2.05) is 0 Å². The standard InChI is InChI=1S/C29H25BF10N2/c1-28(2,3)14-12-15(29(4,5)6)42(41-14)30(13-10-8-7-9-11-13,16-18(31)22(35)26(39)23(36)19(16)32)17-20(33)24(37)27(40)25(38)21(17)34/h7-12,41H,1-6H3. The number of benzene rings is 3. The lowest BCUT2D eigenvalue weighted by molar-refractivity contribution is -0.615. The normalized spacial score (nSPS) is 12.8. The summed E-state index contributed by atoms with van der Waals surface area (Å²) in [5.74, 6) is -25.1. The Kier molecular flexibility index (Phi) is 7.57. The van der Waals surface area contributed by atoms with E-state index in [9.17, 15) is 26.3 Å². The van der Waals surface area contributed by atoms with E-state index in [4.69, 9.17) is 0 Å². The predicted molar refractivity (Wildman–Crippen MR) is 137 cm³/mol. The van der Waals surface area contributed by atoms with E-state index in [0.29, 0.717) is 0 Å². The van der Waals surface area contributed by atoms with Crippen LogP contribution in [0.5, 0.6) is 0 Å². The molecule has 1 N–H and O–H groups in total. The molecule has 0 saturated heterocycles. The lowest BCUT2D eigenvalue weighted by Gasteiger charge is -2.38. The molecule has 0 aliphatic carbocycles. The van der Waals surface area contributed by atoms with Crippen LogP contribution >= 0.6 is 0 Å². The van der Waals surface area contributed by atoms with Crippen LogP contribution in [0.3, 0.4) is 0 Å². The van der Waals surface area contributed by atoms with Crippen LogP contribution in [0, 0.1) is 58.2 Å². The second-order valence-electron chi connectivity index (χ2n) is 12.1. The van der Waals surface area contributed by atoms with Crippen LogP contribution < -0.4 is 21.0 Å². The van der Waals surface area contributed by atoms with Crippen molar-refractivity contribution in [3.63, 3.8) is 0 Å². The zero-order chi connectivity index (χ0) is 31.7. The van der Waals surface area contributed by atoms with Gasteiger partial charge in [0.05, 0.1) is 5.69 Å². The van der Waals surface area contributed by atoms with Crippen molar-refractivity contribution in [2.45, 2.75) is 52.4 Å². The predicted octanol–water partition coefficient (Wildman–Crippen LogP) is 5.80. The first-order valence-corrected chi connectivity index (χ1v) is 12.7. The topological polar surface area (TPSA) is 19.7 Å². The molecule has 0 saturated carbocycles. The molecule has 42 heavy (non-hydrogen) atoms. The van der Waals surface area contributed by atoms with E-state index in [1.54, 1.807) is 41.5 Å². The summed E-state index contributed by atoms with van der Waals surface area (Å²) < 4.78 is 153. The molecule has 224 valence electrons. The highest BCUT2D eigenvalue weighted by molar-refractivity contribution is 7.05. The van der Waals surface area contributed by atoms with Crippen LogP contribution in [0.1, 0.15) is 52.9 Å². The summed E-state index contributed by atoms with van der Waals surface area (Å²) in [4.78, 5) is 0. The number of nitrogens with zero attached hydrogens (tertiary/aromatic N) is 1. The highest BCUT2D eigenvalue weighted by Crippen LogP contribution is 2.29. The maximum atomic E-state index is 15.9. The summed E-state index contributed by atoms with van der Waals surface area (Å²) in [5.41, 5.74) is -5.82. The van der Waals surface area contributed by atoms with Crippen molar-refractivity contribution < 1.29 is 48.5 Å². The molecule has 13 heteroatoms. The molecule has 3 aromatic carbocycles. The fourth-order valence-electron chi connectivity index (χ4n) is 5.29. The van der Waals surface area contributed by atoms with Gasteiger partial charge in [-0.1, -0.05) is 71.9 Å². The Morgan fingerprint density at radius 2 is 0.881 bits per heavy atom. The molecular weight excluding hydrogens is 577 g/mol. The highest BCUT2D eigenvalue weighted by atomic mass is 19.2. The second-order valence-corrected chi connectivity index (χ2v) is 12.1. The minimum atomic E-state index is -4.49. The van der Waals surface area contributed by atoms with E-state index in [1.165, 1.54) is 24.3 Å². The Labute approximate surface area is 234 Å². The lowest BCUT2D eigenvalue weighted by Crippen LogP contribution is -2.89. The Balaban J connectivity index is 2.51. The molecule has 0 amide bonds. The third kappa shape index (κ3) is 4.48. The second kappa shape index (κ2) is 10.2. The van der Waals surface area contributed by atoms with Crippen molar-refractivity contribution in [1.82, 2.24) is 5.10 Å². The molecule has 0 bridgehead atoms. The number of rotatable bonds is 4. The monoisotopic (exact) mass is 602 g/mol. The van der Waals surface area contributed by atoms with Crippen molar-refractivity contribution in [3.8, 4) is 0 Å². The van der Waals surface area contributed by atoms with Gasteiger partial charge in [0.25, 0.3) is 0 Å². The molecule has 1 heterocycles. The summed E-state index contributed by atoms with van der Waals surface area (Å²) in [5, 5.41) is 2.78. The molecule has 1 aromatic heterocycles. The van der Waals surface area contributed by atoms with Gasteiger partial charge in [0, 0.05) is 16.9 Å². The van der Waals surface area contributed by atoms with Gasteiger partial charge in [-0.3, -0.25) is 0 Å². The molecule has 0 unspecified atom stereocenters. The van der Waals surface area contributed by atoms with Gasteiger partial charge in [-0.15, -0.1) is 5.46 Å². The van der Waals surface area contributed by atoms with E-state index in [0.717, 1.165) is 16.7 Å². The Hall–Kier alpha value is -3.77. The number of aromatic amines is 1. The summed E-state index contributed by atoms with van der Waals surface area (Å²) in [6.45, 7) is 9.77. The van der Waals surface area contributed by atoms with Gasteiger partial charge >= 0.3 is 6.28 Å². The molecule has 4 rings (SSSR count). The fraction of sp³-hybridized carbons (Fsp3) is 0.276. The molecule has 0 aliphatic heterocycles. The number of H-pyrrole nitrogens is 1. The van der Waals surface area contributed by atoms with Crippen LogP contribution in [-0.4, -0.2) is 11.4 Å². The molecule has 0 radical (unpaired) electrons. The molecular formula is C29H25BF10N2. The minimum absolute atomic E-state index is 0.0100. The Morgan fingerprint density at radius 1 is 0.524 bits per heavy atom. The van der Waals surface area contributed by atoms with E-state index >= 15 is 17.6 Å². The van der Waals surface area contributed by atoms with Crippen LogP contribution in [0.4, 0.5) is 43.9 Å². The average molecular weight is 602 g/mol. The van der Waals surface area contributed by atoms with Crippen molar-refractivity contribution in [2.24, 2.45) is 0 Å². The zero-order valence-electron chi connectivity index (χ0n) is 23.3. The molecule has 0 spiro atoms. The van der Waals surface area contributed by atoms with Gasteiger partial charge in [-0.25, -0.2) is 49.0 Å². The summed E-state index contributed by atoms with van der Waals surface area (Å²) in [6.07, 6.45) is -4.49. The van der Waals surface area contributed by atoms with Gasteiger partial charge < -0.3 is 4.59 Å². The van der Waals surface area contributed by atoms with E-state index in [2.05, 4.69) is 5.10 Å². The minimum Gasteiger partial charge on any atom is -0.318 e. The number of aromatic nitrogens is 2. The number of hydrogen-bond acceptors (Lipinski definition) is 0. The first-order chi connectivity index (χ1) is 19.3. The SMILES string of the molecule is CC(C)(C)c1cc(C(C)(C)C)[n+]([B-](c2ccccc2)(c2c(F)c(F)c(F)c(F)c2F)c2c(F)c(F)c(F)c(F)c2F)[nH]1. The fourth-order valence-corrected chi connectivity index (χ4v) is 5.29. The molecule has 0 aliphatic rings. The van der Waals surface area contributed by atoms with Crippen molar-refractivity contribution in [1.29, 1.82) is 0 Å². The first-order valence-electron chi connectivity index (χ1n) is 12.7. The smallest absolute Gasteiger partial charge is 0.318 e. The quantitative estimate of drug-likeness (QED) is 0.132. The molecule has 0 fully saturated rings. The Morgan fingerprint density at radius 3 is 1.21 bits per heavy atom. The third-order valence-electron chi connectivity index (χ3n) is 7.35. The number of halogens is 10. The summed E-state index contributed by atoms with van der Waals surface area (Å²) >= 11 is 0. The maximum Gasteiger partial charge on any atom is 0.394 e. The van der Waals surface area contributed by atoms with Crippen LogP contribution in [0.25, 0.3) is 0 Å². The average Bonchev–Trinajstić information content (AvgIpc) is 3.40. The first kappa shape index (κ1) is 31.2.